The van der Waals surface area contributed by atoms with Crippen molar-refractivity contribution in [2.45, 2.75) is 32.5 Å². The maximum absolute atomic E-state index is 12.4. The number of nitrogens with zero attached hydrogens (tertiary/aromatic N) is 4. The molecule has 29 heavy (non-hydrogen) atoms. The Morgan fingerprint density at radius 2 is 1.83 bits per heavy atom. The van der Waals surface area contributed by atoms with Crippen LogP contribution in [0, 0.1) is 0 Å². The number of benzene rings is 2. The third-order valence-electron chi connectivity index (χ3n) is 4.58. The molecule has 0 saturated heterocycles. The number of hydrogen-bond acceptors (Lipinski definition) is 5. The molecule has 3 rings (SSSR count). The highest BCUT2D eigenvalue weighted by Crippen LogP contribution is 2.16. The van der Waals surface area contributed by atoms with Gasteiger partial charge in [0.2, 0.25) is 5.82 Å². The minimum atomic E-state index is -1.60. The predicted octanol–water partition coefficient (Wildman–Crippen LogP) is 3.69. The summed E-state index contributed by atoms with van der Waals surface area (Å²) in [5.74, 6) is 0.442. The van der Waals surface area contributed by atoms with Crippen molar-refractivity contribution < 1.29 is 9.22 Å². The second-order valence-corrected chi connectivity index (χ2v) is 11.7. The number of aromatic nitrogens is 4. The van der Waals surface area contributed by atoms with Gasteiger partial charge in [-0.3, -0.25) is 4.79 Å². The monoisotopic (exact) mass is 409 g/mol. The SMILES string of the molecule is CCO[Si](C)(C)CCCNC(=O)c1ccc(-c2nnn(-c3ccccc3)n2)cc1. The van der Waals surface area contributed by atoms with Crippen LogP contribution in [0.5, 0.6) is 0 Å². The molecule has 0 radical (unpaired) electrons. The second kappa shape index (κ2) is 9.57. The van der Waals surface area contributed by atoms with E-state index in [4.69, 9.17) is 4.43 Å². The van der Waals surface area contributed by atoms with Crippen LogP contribution < -0.4 is 5.32 Å². The Kier molecular flexibility index (Phi) is 6.89. The van der Waals surface area contributed by atoms with Crippen molar-refractivity contribution >= 4 is 14.2 Å². The highest BCUT2D eigenvalue weighted by Gasteiger charge is 2.20. The van der Waals surface area contributed by atoms with Gasteiger partial charge in [0.1, 0.15) is 0 Å². The minimum absolute atomic E-state index is 0.0756. The van der Waals surface area contributed by atoms with E-state index in [1.165, 1.54) is 4.80 Å². The number of para-hydroxylation sites is 1. The highest BCUT2D eigenvalue weighted by molar-refractivity contribution is 6.71. The van der Waals surface area contributed by atoms with Gasteiger partial charge in [0, 0.05) is 24.3 Å². The zero-order valence-corrected chi connectivity index (χ0v) is 18.1. The van der Waals surface area contributed by atoms with Gasteiger partial charge in [0.15, 0.2) is 8.32 Å². The van der Waals surface area contributed by atoms with Gasteiger partial charge in [0.25, 0.3) is 5.91 Å². The van der Waals surface area contributed by atoms with Gasteiger partial charge < -0.3 is 9.74 Å². The van der Waals surface area contributed by atoms with Crippen molar-refractivity contribution in [3.63, 3.8) is 0 Å². The van der Waals surface area contributed by atoms with E-state index in [2.05, 4.69) is 33.8 Å². The normalized spacial score (nSPS) is 11.4. The predicted molar refractivity (Wildman–Crippen MR) is 115 cm³/mol. The van der Waals surface area contributed by atoms with Gasteiger partial charge in [-0.2, -0.15) is 0 Å². The third kappa shape index (κ3) is 5.82. The van der Waals surface area contributed by atoms with Gasteiger partial charge in [-0.15, -0.1) is 15.0 Å². The highest BCUT2D eigenvalue weighted by atomic mass is 28.4. The average molecular weight is 410 g/mol. The average Bonchev–Trinajstić information content (AvgIpc) is 3.22. The maximum atomic E-state index is 12.4. The molecule has 1 N–H and O–H groups in total. The van der Waals surface area contributed by atoms with Gasteiger partial charge >= 0.3 is 0 Å². The first-order chi connectivity index (χ1) is 14.0. The van der Waals surface area contributed by atoms with E-state index in [0.29, 0.717) is 17.9 Å². The van der Waals surface area contributed by atoms with E-state index < -0.39 is 8.32 Å². The summed E-state index contributed by atoms with van der Waals surface area (Å²) in [7, 11) is -1.60. The lowest BCUT2D eigenvalue weighted by molar-refractivity contribution is 0.0953. The van der Waals surface area contributed by atoms with Crippen LogP contribution in [0.2, 0.25) is 19.1 Å². The molecule has 0 saturated carbocycles. The van der Waals surface area contributed by atoms with Gasteiger partial charge in [0.05, 0.1) is 5.69 Å². The zero-order chi connectivity index (χ0) is 20.7. The van der Waals surface area contributed by atoms with E-state index >= 15 is 0 Å². The van der Waals surface area contributed by atoms with E-state index in [-0.39, 0.29) is 5.91 Å². The van der Waals surface area contributed by atoms with Crippen LogP contribution in [-0.4, -0.2) is 47.6 Å². The number of tetrazole rings is 1. The molecule has 0 aliphatic rings. The van der Waals surface area contributed by atoms with Crippen molar-refractivity contribution in [3.05, 3.63) is 60.2 Å². The first kappa shape index (κ1) is 20.9. The molecule has 3 aromatic rings. The number of nitrogens with one attached hydrogen (secondary N) is 1. The number of carbonyl (C=O) groups is 1. The summed E-state index contributed by atoms with van der Waals surface area (Å²) in [6.45, 7) is 7.85. The Balaban J connectivity index is 1.55. The molecule has 0 aliphatic carbocycles. The van der Waals surface area contributed by atoms with Crippen LogP contribution in [0.3, 0.4) is 0 Å². The molecule has 0 atom stereocenters. The summed E-state index contributed by atoms with van der Waals surface area (Å²) < 4.78 is 5.81. The first-order valence-electron chi connectivity index (χ1n) is 9.86. The molecule has 0 unspecified atom stereocenters. The molecule has 0 fully saturated rings. The molecule has 0 bridgehead atoms. The first-order valence-corrected chi connectivity index (χ1v) is 13.0. The number of carbonyl (C=O) groups excluding carboxylic acids is 1. The Bertz CT molecular complexity index is 926. The minimum Gasteiger partial charge on any atom is -0.418 e. The largest absolute Gasteiger partial charge is 0.418 e. The molecule has 0 spiro atoms. The van der Waals surface area contributed by atoms with E-state index in [0.717, 1.165) is 30.3 Å². The molecule has 2 aromatic carbocycles. The summed E-state index contributed by atoms with van der Waals surface area (Å²) in [5.41, 5.74) is 2.27. The molecule has 8 heteroatoms. The molecular weight excluding hydrogens is 382 g/mol. The van der Waals surface area contributed by atoms with Gasteiger partial charge in [-0.1, -0.05) is 30.3 Å². The summed E-state index contributed by atoms with van der Waals surface area (Å²) in [4.78, 5) is 13.8. The summed E-state index contributed by atoms with van der Waals surface area (Å²) in [6, 6.07) is 17.9. The topological polar surface area (TPSA) is 81.9 Å². The van der Waals surface area contributed by atoms with Gasteiger partial charge in [-0.05, 0) is 62.0 Å². The number of rotatable bonds is 9. The van der Waals surface area contributed by atoms with Crippen molar-refractivity contribution in [2.75, 3.05) is 13.2 Å². The molecule has 7 nitrogen and oxygen atoms in total. The van der Waals surface area contributed by atoms with Crippen LogP contribution in [0.1, 0.15) is 23.7 Å². The standard InChI is InChI=1S/C21H27N5O2Si/c1-4-28-29(2,3)16-8-15-22-21(27)18-13-11-17(12-14-18)20-23-25-26(24-20)19-9-6-5-7-10-19/h5-7,9-14H,4,8,15-16H2,1-3H3,(H,22,27). The second-order valence-electron chi connectivity index (χ2n) is 7.37. The smallest absolute Gasteiger partial charge is 0.251 e. The lowest BCUT2D eigenvalue weighted by Gasteiger charge is -2.21. The Morgan fingerprint density at radius 1 is 1.10 bits per heavy atom. The molecule has 0 aliphatic heterocycles. The van der Waals surface area contributed by atoms with Crippen LogP contribution in [0.25, 0.3) is 17.1 Å². The quantitative estimate of drug-likeness (QED) is 0.430. The molecular formula is C21H27N5O2Si. The van der Waals surface area contributed by atoms with Crippen molar-refractivity contribution in [2.24, 2.45) is 0 Å². The Labute approximate surface area is 172 Å². The molecule has 152 valence electrons. The lowest BCUT2D eigenvalue weighted by Crippen LogP contribution is -2.32. The van der Waals surface area contributed by atoms with E-state index in [1.54, 1.807) is 12.1 Å². The summed E-state index contributed by atoms with van der Waals surface area (Å²) in [6.07, 6.45) is 0.926. The number of amides is 1. The fraction of sp³-hybridized carbons (Fsp3) is 0.333. The molecule has 1 aromatic heterocycles. The van der Waals surface area contributed by atoms with Crippen molar-refractivity contribution in [1.82, 2.24) is 25.5 Å². The summed E-state index contributed by atoms with van der Waals surface area (Å²) in [5, 5.41) is 15.6. The zero-order valence-electron chi connectivity index (χ0n) is 17.1. The number of hydrogen-bond donors (Lipinski definition) is 1. The maximum Gasteiger partial charge on any atom is 0.251 e. The van der Waals surface area contributed by atoms with E-state index in [9.17, 15) is 4.79 Å². The van der Waals surface area contributed by atoms with E-state index in [1.807, 2.05) is 49.4 Å². The van der Waals surface area contributed by atoms with Crippen LogP contribution >= 0.6 is 0 Å². The molecule has 1 amide bonds. The molecule has 1 heterocycles. The Morgan fingerprint density at radius 3 is 2.52 bits per heavy atom. The lowest BCUT2D eigenvalue weighted by atomic mass is 10.1. The van der Waals surface area contributed by atoms with Crippen molar-refractivity contribution in [1.29, 1.82) is 0 Å². The van der Waals surface area contributed by atoms with Crippen LogP contribution in [0.4, 0.5) is 0 Å². The fourth-order valence-corrected chi connectivity index (χ4v) is 5.01. The third-order valence-corrected chi connectivity index (χ3v) is 7.21. The Hall–Kier alpha value is -2.84. The van der Waals surface area contributed by atoms with Crippen LogP contribution in [0.15, 0.2) is 54.6 Å². The fourth-order valence-electron chi connectivity index (χ4n) is 3.05. The summed E-state index contributed by atoms with van der Waals surface area (Å²) >= 11 is 0. The van der Waals surface area contributed by atoms with Gasteiger partial charge in [-0.25, -0.2) is 0 Å². The van der Waals surface area contributed by atoms with Crippen LogP contribution in [-0.2, 0) is 4.43 Å². The van der Waals surface area contributed by atoms with Crippen molar-refractivity contribution in [3.8, 4) is 17.1 Å².